The van der Waals surface area contributed by atoms with E-state index in [0.717, 1.165) is 22.3 Å². The first-order valence-electron chi connectivity index (χ1n) is 10.8. The Morgan fingerprint density at radius 2 is 1.62 bits per heavy atom. The number of alkyl carbamates (subject to hydrolysis) is 1. The van der Waals surface area contributed by atoms with Gasteiger partial charge in [-0.15, -0.1) is 0 Å². The van der Waals surface area contributed by atoms with E-state index in [9.17, 15) is 14.4 Å². The molecule has 3 aromatic carbocycles. The number of halogens is 1. The molecule has 2 amide bonds. The van der Waals surface area contributed by atoms with E-state index in [-0.39, 0.29) is 30.4 Å². The first-order chi connectivity index (χ1) is 16.3. The van der Waals surface area contributed by atoms with E-state index < -0.39 is 18.1 Å². The highest BCUT2D eigenvalue weighted by atomic mass is 79.9. The third kappa shape index (κ3) is 5.12. The molecule has 8 heteroatoms. The van der Waals surface area contributed by atoms with Gasteiger partial charge in [-0.05, 0) is 63.3 Å². The molecule has 0 spiro atoms. The Bertz CT molecular complexity index is 1210. The van der Waals surface area contributed by atoms with Gasteiger partial charge in [0.25, 0.3) is 0 Å². The van der Waals surface area contributed by atoms with Crippen molar-refractivity contribution in [1.82, 2.24) is 5.32 Å². The van der Waals surface area contributed by atoms with Gasteiger partial charge in [0.05, 0.1) is 11.3 Å². The Morgan fingerprint density at radius 1 is 1.00 bits per heavy atom. The predicted octanol–water partition coefficient (Wildman–Crippen LogP) is 5.40. The van der Waals surface area contributed by atoms with Crippen molar-refractivity contribution in [3.8, 4) is 11.1 Å². The van der Waals surface area contributed by atoms with E-state index in [1.807, 2.05) is 36.4 Å². The van der Waals surface area contributed by atoms with Crippen molar-refractivity contribution < 1.29 is 24.2 Å². The fraction of sp³-hybridized carbons (Fsp3) is 0.192. The van der Waals surface area contributed by atoms with Crippen LogP contribution in [0.4, 0.5) is 10.5 Å². The van der Waals surface area contributed by atoms with Crippen LogP contribution in [0.25, 0.3) is 11.1 Å². The molecule has 3 aromatic rings. The third-order valence-corrected chi connectivity index (χ3v) is 6.38. The van der Waals surface area contributed by atoms with Crippen LogP contribution in [0, 0.1) is 0 Å². The minimum atomic E-state index is -1.09. The molecule has 0 radical (unpaired) electrons. The Balaban J connectivity index is 1.31. The van der Waals surface area contributed by atoms with Gasteiger partial charge in [-0.2, -0.15) is 0 Å². The number of nitrogens with one attached hydrogen (secondary N) is 2. The maximum atomic E-state index is 12.4. The van der Waals surface area contributed by atoms with Crippen LogP contribution in [-0.2, 0) is 9.53 Å². The van der Waals surface area contributed by atoms with E-state index >= 15 is 0 Å². The van der Waals surface area contributed by atoms with Crippen molar-refractivity contribution in [1.29, 1.82) is 0 Å². The smallest absolute Gasteiger partial charge is 0.407 e. The Labute approximate surface area is 205 Å². The number of carboxylic acid groups (broad SMARTS) is 1. The molecular weight excluding hydrogens is 500 g/mol. The molecule has 0 bridgehead atoms. The maximum Gasteiger partial charge on any atom is 0.407 e. The summed E-state index contributed by atoms with van der Waals surface area (Å²) < 4.78 is 6.08. The number of hydrogen-bond acceptors (Lipinski definition) is 4. The van der Waals surface area contributed by atoms with Crippen molar-refractivity contribution in [2.24, 2.45) is 0 Å². The van der Waals surface area contributed by atoms with E-state index in [1.54, 1.807) is 13.0 Å². The molecule has 0 unspecified atom stereocenters. The Hall–Kier alpha value is -3.65. The molecule has 0 fully saturated rings. The number of carbonyl (C=O) groups excluding carboxylic acids is 2. The number of rotatable bonds is 7. The summed E-state index contributed by atoms with van der Waals surface area (Å²) in [6.07, 6.45) is -0.607. The van der Waals surface area contributed by atoms with Gasteiger partial charge >= 0.3 is 12.1 Å². The largest absolute Gasteiger partial charge is 0.478 e. The average molecular weight is 523 g/mol. The van der Waals surface area contributed by atoms with Crippen LogP contribution >= 0.6 is 15.9 Å². The minimum Gasteiger partial charge on any atom is -0.478 e. The highest BCUT2D eigenvalue weighted by Crippen LogP contribution is 2.44. The van der Waals surface area contributed by atoms with Gasteiger partial charge in [0.2, 0.25) is 5.91 Å². The quantitative estimate of drug-likeness (QED) is 0.385. The molecule has 4 rings (SSSR count). The van der Waals surface area contributed by atoms with Gasteiger partial charge < -0.3 is 20.5 Å². The van der Waals surface area contributed by atoms with Gasteiger partial charge in [-0.1, -0.05) is 48.5 Å². The Kier molecular flexibility index (Phi) is 6.98. The maximum absolute atomic E-state index is 12.4. The molecule has 0 saturated heterocycles. The third-order valence-electron chi connectivity index (χ3n) is 5.69. The molecular formula is C26H23BrN2O5. The van der Waals surface area contributed by atoms with Crippen LogP contribution in [-0.4, -0.2) is 35.7 Å². The van der Waals surface area contributed by atoms with Crippen LogP contribution in [0.3, 0.4) is 0 Å². The van der Waals surface area contributed by atoms with E-state index in [0.29, 0.717) is 10.2 Å². The molecule has 1 aliphatic rings. The topological polar surface area (TPSA) is 105 Å². The summed E-state index contributed by atoms with van der Waals surface area (Å²) in [4.78, 5) is 36.0. The highest BCUT2D eigenvalue weighted by molar-refractivity contribution is 9.10. The molecule has 1 aliphatic carbocycles. The standard InChI is InChI=1S/C26H23BrN2O5/c1-15(12-24(30)29-23-13-16(25(31)32)10-11-22(23)27)28-26(33)34-14-21-19-8-4-2-6-17(19)18-7-3-5-9-20(18)21/h2-11,13,15,21H,12,14H2,1H3,(H,28,33)(H,29,30)(H,31,32)/t15-/m1/s1. The zero-order chi connectivity index (χ0) is 24.2. The van der Waals surface area contributed by atoms with Crippen LogP contribution in [0.5, 0.6) is 0 Å². The van der Waals surface area contributed by atoms with E-state index in [1.165, 1.54) is 12.1 Å². The first-order valence-corrected chi connectivity index (χ1v) is 11.6. The summed E-state index contributed by atoms with van der Waals surface area (Å²) in [7, 11) is 0. The number of benzene rings is 3. The van der Waals surface area contributed by atoms with Crippen molar-refractivity contribution in [2.45, 2.75) is 25.3 Å². The van der Waals surface area contributed by atoms with Gasteiger partial charge in [0.1, 0.15) is 6.61 Å². The fourth-order valence-electron chi connectivity index (χ4n) is 4.13. The second-order valence-corrected chi connectivity index (χ2v) is 8.98. The van der Waals surface area contributed by atoms with Gasteiger partial charge in [-0.3, -0.25) is 4.79 Å². The van der Waals surface area contributed by atoms with Gasteiger partial charge in [0.15, 0.2) is 0 Å². The lowest BCUT2D eigenvalue weighted by Crippen LogP contribution is -2.36. The Morgan fingerprint density at radius 3 is 2.24 bits per heavy atom. The molecule has 0 aromatic heterocycles. The normalized spacial score (nSPS) is 12.9. The lowest BCUT2D eigenvalue weighted by molar-refractivity contribution is -0.116. The second kappa shape index (κ2) is 10.1. The zero-order valence-electron chi connectivity index (χ0n) is 18.4. The van der Waals surface area contributed by atoms with E-state index in [2.05, 4.69) is 38.7 Å². The molecule has 3 N–H and O–H groups in total. The highest BCUT2D eigenvalue weighted by Gasteiger charge is 2.29. The number of carboxylic acids is 1. The van der Waals surface area contributed by atoms with Crippen LogP contribution < -0.4 is 10.6 Å². The number of anilines is 1. The van der Waals surface area contributed by atoms with Crippen LogP contribution in [0.15, 0.2) is 71.2 Å². The summed E-state index contributed by atoms with van der Waals surface area (Å²) in [5, 5.41) is 14.5. The second-order valence-electron chi connectivity index (χ2n) is 8.12. The monoisotopic (exact) mass is 522 g/mol. The first kappa shape index (κ1) is 23.5. The number of hydrogen-bond donors (Lipinski definition) is 3. The molecule has 1 atom stereocenters. The number of fused-ring (bicyclic) bond motifs is 3. The number of carbonyl (C=O) groups is 3. The lowest BCUT2D eigenvalue weighted by atomic mass is 9.98. The van der Waals surface area contributed by atoms with Crippen molar-refractivity contribution in [2.75, 3.05) is 11.9 Å². The lowest BCUT2D eigenvalue weighted by Gasteiger charge is -2.17. The predicted molar refractivity (Wildman–Crippen MR) is 132 cm³/mol. The molecule has 0 heterocycles. The fourth-order valence-corrected chi connectivity index (χ4v) is 4.47. The summed E-state index contributed by atoms with van der Waals surface area (Å²) >= 11 is 3.29. The van der Waals surface area contributed by atoms with Crippen LogP contribution in [0.2, 0.25) is 0 Å². The zero-order valence-corrected chi connectivity index (χ0v) is 20.0. The molecule has 34 heavy (non-hydrogen) atoms. The van der Waals surface area contributed by atoms with Crippen LogP contribution in [0.1, 0.15) is 40.7 Å². The molecule has 7 nitrogen and oxygen atoms in total. The summed E-state index contributed by atoms with van der Waals surface area (Å²) in [5.74, 6) is -1.50. The average Bonchev–Trinajstić information content (AvgIpc) is 3.12. The van der Waals surface area contributed by atoms with Crippen molar-refractivity contribution in [3.63, 3.8) is 0 Å². The van der Waals surface area contributed by atoms with Crippen molar-refractivity contribution in [3.05, 3.63) is 87.9 Å². The number of ether oxygens (including phenoxy) is 1. The summed E-state index contributed by atoms with van der Waals surface area (Å²) in [6, 6.07) is 20.0. The number of amides is 2. The van der Waals surface area contributed by atoms with E-state index in [4.69, 9.17) is 9.84 Å². The van der Waals surface area contributed by atoms with Crippen molar-refractivity contribution >= 4 is 39.6 Å². The molecule has 0 saturated carbocycles. The van der Waals surface area contributed by atoms with Gasteiger partial charge in [0, 0.05) is 22.9 Å². The number of aromatic carboxylic acids is 1. The summed E-state index contributed by atoms with van der Waals surface area (Å²) in [6.45, 7) is 1.89. The summed E-state index contributed by atoms with van der Waals surface area (Å²) in [5.41, 5.74) is 4.95. The van der Waals surface area contributed by atoms with Gasteiger partial charge in [-0.25, -0.2) is 9.59 Å². The minimum absolute atomic E-state index is 0.00602. The SMILES string of the molecule is C[C@H](CC(=O)Nc1cc(C(=O)O)ccc1Br)NC(=O)OCC1c2ccccc2-c2ccccc21. The molecule has 0 aliphatic heterocycles. The molecule has 174 valence electrons.